The largest absolute Gasteiger partial charge is 0.462 e. The monoisotopic (exact) mass is 927 g/mol. The van der Waals surface area contributed by atoms with Gasteiger partial charge in [0.15, 0.2) is 13.6 Å². The van der Waals surface area contributed by atoms with Gasteiger partial charge in [0.1, 0.15) is 12.2 Å². The molecule has 12 bridgehead atoms. The molecule has 12 saturated carbocycles. The number of ether oxygens (including phenoxy) is 6. The average molecular weight is 927 g/mol. The van der Waals surface area contributed by atoms with Crippen LogP contribution in [0.5, 0.6) is 0 Å². The Morgan fingerprint density at radius 1 is 0.455 bits per heavy atom. The third-order valence-electron chi connectivity index (χ3n) is 20.6. The lowest BCUT2D eigenvalue weighted by molar-refractivity contribution is -0.192. The van der Waals surface area contributed by atoms with E-state index in [1.54, 1.807) is 0 Å². The summed E-state index contributed by atoms with van der Waals surface area (Å²) in [6, 6.07) is 0. The molecule has 378 valence electrons. The van der Waals surface area contributed by atoms with Crippen molar-refractivity contribution in [1.82, 2.24) is 0 Å². The van der Waals surface area contributed by atoms with E-state index in [1.807, 2.05) is 41.5 Å². The molecule has 12 rings (SSSR count). The first kappa shape index (κ1) is 53.2. The first-order chi connectivity index (χ1) is 29.7. The molecule has 16 atom stereocenters. The second-order valence-corrected chi connectivity index (χ2v) is 24.2. The van der Waals surface area contributed by atoms with E-state index in [2.05, 4.69) is 6.92 Å². The SMILES string of the molecule is C.C.C.C.CCC(C)(C)C(=O)OC1CC2CC1C1C3CC(CC3C(=O)OCOC3C4CC5CC(C4)CC3C5)C21.CCOCOC(=O)C1CC2CC1C1C3CC(CC3OC(=O)C(C)(C)CC)C21. The molecule has 0 heterocycles. The number of hydrogen-bond acceptors (Lipinski definition) is 10. The van der Waals surface area contributed by atoms with Crippen molar-refractivity contribution in [3.63, 3.8) is 0 Å². The molecule has 0 saturated heterocycles. The van der Waals surface area contributed by atoms with Crippen LogP contribution in [0.1, 0.15) is 174 Å². The molecule has 12 aliphatic carbocycles. The normalized spacial score (nSPS) is 43.8. The molecule has 10 nitrogen and oxygen atoms in total. The smallest absolute Gasteiger partial charge is 0.311 e. The number of carbonyl (C=O) groups excluding carboxylic acids is 4. The van der Waals surface area contributed by atoms with Crippen molar-refractivity contribution in [2.75, 3.05) is 20.2 Å². The van der Waals surface area contributed by atoms with Crippen molar-refractivity contribution in [3.8, 4) is 0 Å². The van der Waals surface area contributed by atoms with Gasteiger partial charge in [0, 0.05) is 6.61 Å². The maximum atomic E-state index is 13.2. The van der Waals surface area contributed by atoms with Gasteiger partial charge in [0.2, 0.25) is 0 Å². The lowest BCUT2D eigenvalue weighted by Crippen LogP contribution is -2.49. The summed E-state index contributed by atoms with van der Waals surface area (Å²) in [5.41, 5.74) is -0.832. The molecular formula is C56H94O10. The van der Waals surface area contributed by atoms with Gasteiger partial charge < -0.3 is 28.4 Å². The van der Waals surface area contributed by atoms with E-state index >= 15 is 0 Å². The fourth-order valence-electron chi connectivity index (χ4n) is 17.5. The predicted molar refractivity (Wildman–Crippen MR) is 256 cm³/mol. The highest BCUT2D eigenvalue weighted by atomic mass is 16.7. The van der Waals surface area contributed by atoms with Gasteiger partial charge in [0.05, 0.1) is 28.8 Å². The van der Waals surface area contributed by atoms with Crippen LogP contribution in [0.3, 0.4) is 0 Å². The van der Waals surface area contributed by atoms with Crippen molar-refractivity contribution in [2.45, 2.75) is 193 Å². The molecule has 0 aromatic carbocycles. The molecule has 0 aromatic rings. The molecule has 0 N–H and O–H groups in total. The van der Waals surface area contributed by atoms with Crippen molar-refractivity contribution in [3.05, 3.63) is 0 Å². The predicted octanol–water partition coefficient (Wildman–Crippen LogP) is 11.9. The van der Waals surface area contributed by atoms with Crippen LogP contribution >= 0.6 is 0 Å². The van der Waals surface area contributed by atoms with Crippen molar-refractivity contribution >= 4 is 23.9 Å². The van der Waals surface area contributed by atoms with E-state index < -0.39 is 10.8 Å². The number of esters is 4. The number of carbonyl (C=O) groups is 4. The Bertz CT molecular complexity index is 1690. The van der Waals surface area contributed by atoms with Gasteiger partial charge >= 0.3 is 23.9 Å². The minimum Gasteiger partial charge on any atom is -0.462 e. The van der Waals surface area contributed by atoms with Crippen molar-refractivity contribution in [2.24, 2.45) is 117 Å². The molecule has 0 aliphatic heterocycles. The zero-order valence-electron chi connectivity index (χ0n) is 38.9. The van der Waals surface area contributed by atoms with Gasteiger partial charge in [0.25, 0.3) is 0 Å². The lowest BCUT2D eigenvalue weighted by Gasteiger charge is -2.53. The van der Waals surface area contributed by atoms with Crippen LogP contribution in [-0.2, 0) is 47.6 Å². The van der Waals surface area contributed by atoms with E-state index in [0.717, 1.165) is 68.6 Å². The molecule has 0 spiro atoms. The van der Waals surface area contributed by atoms with Crippen LogP contribution in [0.25, 0.3) is 0 Å². The lowest BCUT2D eigenvalue weighted by atomic mass is 9.55. The first-order valence-electron chi connectivity index (χ1n) is 25.6. The molecule has 0 amide bonds. The van der Waals surface area contributed by atoms with Gasteiger partial charge in [-0.25, -0.2) is 0 Å². The van der Waals surface area contributed by atoms with E-state index in [9.17, 15) is 19.2 Å². The molecule has 0 radical (unpaired) electrons. The highest BCUT2D eigenvalue weighted by Crippen LogP contribution is 2.71. The fourth-order valence-corrected chi connectivity index (χ4v) is 17.5. The average Bonchev–Trinajstić information content (AvgIpc) is 4.12. The Morgan fingerprint density at radius 3 is 1.26 bits per heavy atom. The van der Waals surface area contributed by atoms with Crippen molar-refractivity contribution < 1.29 is 47.6 Å². The molecule has 16 unspecified atom stereocenters. The first-order valence-corrected chi connectivity index (χ1v) is 25.6. The summed E-state index contributed by atoms with van der Waals surface area (Å²) in [6.07, 6.45) is 17.5. The maximum Gasteiger partial charge on any atom is 0.311 e. The second-order valence-electron chi connectivity index (χ2n) is 24.2. The van der Waals surface area contributed by atoms with Crippen LogP contribution < -0.4 is 0 Å². The van der Waals surface area contributed by atoms with Crippen LogP contribution in [-0.4, -0.2) is 62.4 Å². The van der Waals surface area contributed by atoms with Gasteiger partial charge in [-0.15, -0.1) is 0 Å². The Morgan fingerprint density at radius 2 is 0.848 bits per heavy atom. The number of fused-ring (bicyclic) bond motifs is 18. The number of rotatable bonds is 14. The summed E-state index contributed by atoms with van der Waals surface area (Å²) in [5.74, 6) is 10.00. The molecule has 0 aromatic heterocycles. The quantitative estimate of drug-likeness (QED) is 0.0547. The molecule has 10 heteroatoms. The molecule has 66 heavy (non-hydrogen) atoms. The minimum absolute atomic E-state index is 0. The van der Waals surface area contributed by atoms with Crippen LogP contribution in [0.2, 0.25) is 0 Å². The Hall–Kier alpha value is -2.20. The second kappa shape index (κ2) is 20.3. The summed E-state index contributed by atoms with van der Waals surface area (Å²) in [7, 11) is 0. The van der Waals surface area contributed by atoms with Crippen LogP contribution in [0, 0.1) is 117 Å². The summed E-state index contributed by atoms with van der Waals surface area (Å²) in [5, 5.41) is 0. The van der Waals surface area contributed by atoms with Gasteiger partial charge in [-0.05, 0) is 226 Å². The van der Waals surface area contributed by atoms with Crippen LogP contribution in [0.4, 0.5) is 0 Å². The number of hydrogen-bond donors (Lipinski definition) is 0. The third kappa shape index (κ3) is 9.06. The Labute approximate surface area is 400 Å². The van der Waals surface area contributed by atoms with Crippen LogP contribution in [0.15, 0.2) is 0 Å². The zero-order chi connectivity index (χ0) is 43.4. The summed E-state index contributed by atoms with van der Waals surface area (Å²) in [6.45, 7) is 14.7. The van der Waals surface area contributed by atoms with E-state index in [1.165, 1.54) is 51.4 Å². The minimum atomic E-state index is -0.417. The maximum absolute atomic E-state index is 13.2. The van der Waals surface area contributed by atoms with E-state index in [4.69, 9.17) is 28.4 Å². The van der Waals surface area contributed by atoms with Gasteiger partial charge in [-0.2, -0.15) is 0 Å². The highest BCUT2D eigenvalue weighted by Gasteiger charge is 2.68. The van der Waals surface area contributed by atoms with Gasteiger partial charge in [-0.1, -0.05) is 43.6 Å². The Balaban J connectivity index is 0.000000212. The topological polar surface area (TPSA) is 124 Å². The van der Waals surface area contributed by atoms with E-state index in [0.29, 0.717) is 83.7 Å². The fraction of sp³-hybridized carbons (Fsp3) is 0.929. The molecule has 12 fully saturated rings. The zero-order valence-corrected chi connectivity index (χ0v) is 38.9. The third-order valence-corrected chi connectivity index (χ3v) is 20.6. The summed E-state index contributed by atoms with van der Waals surface area (Å²) >= 11 is 0. The summed E-state index contributed by atoms with van der Waals surface area (Å²) in [4.78, 5) is 51.1. The Kier molecular flexibility index (Phi) is 16.3. The van der Waals surface area contributed by atoms with Crippen molar-refractivity contribution in [1.29, 1.82) is 0 Å². The molecule has 12 aliphatic rings. The standard InChI is InChI=1S/C30H44O5.C22H34O5.4CH4/c1-4-30(2,3)29(32)35-24-13-18-12-23(24)26-21-10-17(25(18)26)11-22(21)28(31)34-14-33-27-19-6-15-5-16(8-19)9-20(27)7-15;1-5-22(3,4)21(24)27-17-10-13-9-16(17)19-14-7-12(18(13)19)8-15(14)20(23)26-11-25-6-2;;;;/h15-27H,4-14H2,1-3H3;12-19H,5-11H2,1-4H3;4*1H4. The molecular weight excluding hydrogens is 833 g/mol. The summed E-state index contributed by atoms with van der Waals surface area (Å²) < 4.78 is 34.8. The van der Waals surface area contributed by atoms with E-state index in [-0.39, 0.29) is 91.2 Å². The highest BCUT2D eigenvalue weighted by molar-refractivity contribution is 5.77. The van der Waals surface area contributed by atoms with Gasteiger partial charge in [-0.3, -0.25) is 19.2 Å².